The highest BCUT2D eigenvalue weighted by molar-refractivity contribution is 5.57. The average molecular weight is 190 g/mol. The van der Waals surface area contributed by atoms with Crippen molar-refractivity contribution in [2.45, 2.75) is 32.8 Å². The van der Waals surface area contributed by atoms with Gasteiger partial charge in [0, 0.05) is 5.56 Å². The van der Waals surface area contributed by atoms with Crippen molar-refractivity contribution in [3.63, 3.8) is 0 Å². The molecular weight excluding hydrogens is 172 g/mol. The third-order valence-corrected chi connectivity index (χ3v) is 2.13. The molecule has 0 aromatic heterocycles. The maximum atomic E-state index is 5.68. The van der Waals surface area contributed by atoms with Crippen LogP contribution in [0.1, 0.15) is 32.3 Å². The molecule has 1 rings (SSSR count). The molecule has 0 radical (unpaired) electrons. The van der Waals surface area contributed by atoms with Gasteiger partial charge in [0.15, 0.2) is 0 Å². The van der Waals surface area contributed by atoms with E-state index in [2.05, 4.69) is 20.4 Å². The van der Waals surface area contributed by atoms with E-state index >= 15 is 0 Å². The molecule has 76 valence electrons. The Hall–Kier alpha value is -1.24. The molecule has 14 heavy (non-hydrogen) atoms. The molecule has 0 heterocycles. The minimum atomic E-state index is 0.257. The second kappa shape index (κ2) is 5.48. The molecule has 0 amide bonds. The van der Waals surface area contributed by atoms with Gasteiger partial charge in [-0.25, -0.2) is 0 Å². The van der Waals surface area contributed by atoms with Crippen molar-refractivity contribution in [3.8, 4) is 0 Å². The highest BCUT2D eigenvalue weighted by atomic mass is 16.5. The van der Waals surface area contributed by atoms with E-state index in [1.165, 1.54) is 0 Å². The topological polar surface area (TPSA) is 9.23 Å². The monoisotopic (exact) mass is 190 g/mol. The predicted octanol–water partition coefficient (Wildman–Crippen LogP) is 3.86. The Labute approximate surface area is 86.4 Å². The van der Waals surface area contributed by atoms with Crippen LogP contribution >= 0.6 is 0 Å². The summed E-state index contributed by atoms with van der Waals surface area (Å²) in [5, 5.41) is 0. The van der Waals surface area contributed by atoms with Gasteiger partial charge in [-0.3, -0.25) is 0 Å². The van der Waals surface area contributed by atoms with Crippen molar-refractivity contribution >= 4 is 5.76 Å². The standard InChI is InChI=1S/C13H18O/c1-4-8-11(2)14-12(3)13-9-6-5-7-10-13/h5-7,9-11H,3-4,8H2,1-2H3. The molecule has 0 N–H and O–H groups in total. The lowest BCUT2D eigenvalue weighted by Gasteiger charge is -2.15. The number of hydrogen-bond acceptors (Lipinski definition) is 1. The normalized spacial score (nSPS) is 12.1. The minimum Gasteiger partial charge on any atom is -0.491 e. The molecule has 0 aliphatic carbocycles. The Balaban J connectivity index is 2.51. The van der Waals surface area contributed by atoms with Crippen molar-refractivity contribution in [1.29, 1.82) is 0 Å². The molecule has 0 spiro atoms. The zero-order valence-electron chi connectivity index (χ0n) is 8.99. The third kappa shape index (κ3) is 3.25. The van der Waals surface area contributed by atoms with Crippen LogP contribution in [0.3, 0.4) is 0 Å². The molecule has 1 nitrogen and oxygen atoms in total. The van der Waals surface area contributed by atoms with Crippen LogP contribution < -0.4 is 0 Å². The Bertz CT molecular complexity index is 277. The van der Waals surface area contributed by atoms with E-state index < -0.39 is 0 Å². The Morgan fingerprint density at radius 2 is 2.00 bits per heavy atom. The van der Waals surface area contributed by atoms with Gasteiger partial charge in [-0.05, 0) is 13.3 Å². The van der Waals surface area contributed by atoms with E-state index in [4.69, 9.17) is 4.74 Å². The molecule has 0 saturated carbocycles. The van der Waals surface area contributed by atoms with Gasteiger partial charge < -0.3 is 4.74 Å². The first-order chi connectivity index (χ1) is 6.74. The molecule has 1 atom stereocenters. The smallest absolute Gasteiger partial charge is 0.119 e. The summed E-state index contributed by atoms with van der Waals surface area (Å²) in [5.74, 6) is 0.770. The van der Waals surface area contributed by atoms with Crippen LogP contribution in [0.2, 0.25) is 0 Å². The molecule has 1 unspecified atom stereocenters. The molecule has 0 aliphatic heterocycles. The summed E-state index contributed by atoms with van der Waals surface area (Å²) in [6, 6.07) is 10.0. The zero-order valence-corrected chi connectivity index (χ0v) is 8.99. The lowest BCUT2D eigenvalue weighted by Crippen LogP contribution is -2.06. The van der Waals surface area contributed by atoms with Crippen molar-refractivity contribution in [2.75, 3.05) is 0 Å². The largest absolute Gasteiger partial charge is 0.491 e. The van der Waals surface area contributed by atoms with E-state index in [1.54, 1.807) is 0 Å². The lowest BCUT2D eigenvalue weighted by atomic mass is 10.2. The van der Waals surface area contributed by atoms with Gasteiger partial charge in [-0.1, -0.05) is 50.3 Å². The average Bonchev–Trinajstić information content (AvgIpc) is 2.19. The predicted molar refractivity (Wildman–Crippen MR) is 60.9 cm³/mol. The molecular formula is C13H18O. The van der Waals surface area contributed by atoms with Gasteiger partial charge >= 0.3 is 0 Å². The van der Waals surface area contributed by atoms with Gasteiger partial charge in [-0.2, -0.15) is 0 Å². The lowest BCUT2D eigenvalue weighted by molar-refractivity contribution is 0.175. The van der Waals surface area contributed by atoms with Gasteiger partial charge in [0.25, 0.3) is 0 Å². The summed E-state index contributed by atoms with van der Waals surface area (Å²) in [7, 11) is 0. The summed E-state index contributed by atoms with van der Waals surface area (Å²) in [5.41, 5.74) is 1.07. The molecule has 0 bridgehead atoms. The fourth-order valence-electron chi connectivity index (χ4n) is 1.40. The second-order valence-corrected chi connectivity index (χ2v) is 3.51. The fraction of sp³-hybridized carbons (Fsp3) is 0.385. The zero-order chi connectivity index (χ0) is 10.4. The fourth-order valence-corrected chi connectivity index (χ4v) is 1.40. The van der Waals surface area contributed by atoms with E-state index in [1.807, 2.05) is 30.3 Å². The SMILES string of the molecule is C=C(OC(C)CCC)c1ccccc1. The van der Waals surface area contributed by atoms with E-state index in [0.29, 0.717) is 0 Å². The maximum Gasteiger partial charge on any atom is 0.119 e. The minimum absolute atomic E-state index is 0.257. The van der Waals surface area contributed by atoms with Crippen LogP contribution in [0.4, 0.5) is 0 Å². The quantitative estimate of drug-likeness (QED) is 0.640. The number of ether oxygens (including phenoxy) is 1. The maximum absolute atomic E-state index is 5.68. The van der Waals surface area contributed by atoms with Crippen molar-refractivity contribution < 1.29 is 4.74 Å². The van der Waals surface area contributed by atoms with E-state index in [-0.39, 0.29) is 6.10 Å². The first kappa shape index (κ1) is 10.8. The summed E-state index contributed by atoms with van der Waals surface area (Å²) in [6.45, 7) is 8.16. The van der Waals surface area contributed by atoms with Crippen LogP contribution in [0.15, 0.2) is 36.9 Å². The summed E-state index contributed by atoms with van der Waals surface area (Å²) < 4.78 is 5.68. The Morgan fingerprint density at radius 3 is 2.57 bits per heavy atom. The van der Waals surface area contributed by atoms with Gasteiger partial charge in [0.1, 0.15) is 5.76 Å². The molecule has 0 saturated heterocycles. The molecule has 0 aliphatic rings. The molecule has 1 aromatic rings. The Kier molecular flexibility index (Phi) is 4.24. The van der Waals surface area contributed by atoms with Gasteiger partial charge in [0.2, 0.25) is 0 Å². The second-order valence-electron chi connectivity index (χ2n) is 3.51. The summed E-state index contributed by atoms with van der Waals surface area (Å²) in [6.07, 6.45) is 2.47. The van der Waals surface area contributed by atoms with Crippen LogP contribution in [0, 0.1) is 0 Å². The first-order valence-corrected chi connectivity index (χ1v) is 5.15. The van der Waals surface area contributed by atoms with Crippen molar-refractivity contribution in [2.24, 2.45) is 0 Å². The van der Waals surface area contributed by atoms with Crippen LogP contribution in [-0.2, 0) is 4.74 Å². The van der Waals surface area contributed by atoms with Crippen molar-refractivity contribution in [1.82, 2.24) is 0 Å². The highest BCUT2D eigenvalue weighted by Crippen LogP contribution is 2.16. The third-order valence-electron chi connectivity index (χ3n) is 2.13. The highest BCUT2D eigenvalue weighted by Gasteiger charge is 2.04. The number of rotatable bonds is 5. The van der Waals surface area contributed by atoms with Crippen molar-refractivity contribution in [3.05, 3.63) is 42.5 Å². The summed E-state index contributed by atoms with van der Waals surface area (Å²) in [4.78, 5) is 0. The van der Waals surface area contributed by atoms with E-state index in [0.717, 1.165) is 24.2 Å². The number of benzene rings is 1. The van der Waals surface area contributed by atoms with Crippen LogP contribution in [0.25, 0.3) is 5.76 Å². The van der Waals surface area contributed by atoms with E-state index in [9.17, 15) is 0 Å². The first-order valence-electron chi connectivity index (χ1n) is 5.15. The Morgan fingerprint density at radius 1 is 1.36 bits per heavy atom. The van der Waals surface area contributed by atoms with Crippen LogP contribution in [-0.4, -0.2) is 6.10 Å². The van der Waals surface area contributed by atoms with Gasteiger partial charge in [0.05, 0.1) is 6.10 Å². The van der Waals surface area contributed by atoms with Gasteiger partial charge in [-0.15, -0.1) is 0 Å². The summed E-state index contributed by atoms with van der Waals surface area (Å²) >= 11 is 0. The molecule has 1 aromatic carbocycles. The van der Waals surface area contributed by atoms with Crippen LogP contribution in [0.5, 0.6) is 0 Å². The number of hydrogen-bond donors (Lipinski definition) is 0. The molecule has 0 fully saturated rings. The molecule has 1 heteroatoms.